The molecule has 0 radical (unpaired) electrons. The summed E-state index contributed by atoms with van der Waals surface area (Å²) in [6, 6.07) is 7.01. The van der Waals surface area contributed by atoms with Crippen LogP contribution in [-0.2, 0) is 4.79 Å². The first kappa shape index (κ1) is 13.3. The molecule has 1 aromatic carbocycles. The molecule has 1 aromatic rings. The molecule has 3 N–H and O–H groups in total. The zero-order valence-corrected chi connectivity index (χ0v) is 10.8. The third-order valence-corrected chi connectivity index (χ3v) is 3.31. The molecule has 1 saturated carbocycles. The highest BCUT2D eigenvalue weighted by Crippen LogP contribution is 2.25. The zero-order chi connectivity index (χ0) is 13.0. The fourth-order valence-corrected chi connectivity index (χ4v) is 2.12. The van der Waals surface area contributed by atoms with Crippen molar-refractivity contribution in [1.29, 1.82) is 0 Å². The van der Waals surface area contributed by atoms with Crippen molar-refractivity contribution in [1.82, 2.24) is 5.32 Å². The van der Waals surface area contributed by atoms with Crippen LogP contribution in [0.4, 0.5) is 5.69 Å². The number of hydrogen-bond donors (Lipinski definition) is 3. The molecule has 0 heterocycles. The Kier molecular flexibility index (Phi) is 4.58. The SMILES string of the molecule is O=C(CNCC1CC(O)C1)Nc1ccc(Cl)cc1. The minimum Gasteiger partial charge on any atom is -0.393 e. The van der Waals surface area contributed by atoms with Crippen LogP contribution < -0.4 is 10.6 Å². The standard InChI is InChI=1S/C13H17ClN2O2/c14-10-1-3-11(4-2-10)16-13(18)8-15-7-9-5-12(17)6-9/h1-4,9,12,15,17H,5-8H2,(H,16,18). The number of hydrogen-bond acceptors (Lipinski definition) is 3. The molecule has 2 rings (SSSR count). The minimum absolute atomic E-state index is 0.0720. The number of benzene rings is 1. The molecule has 0 aliphatic heterocycles. The van der Waals surface area contributed by atoms with E-state index in [1.54, 1.807) is 24.3 Å². The number of halogens is 1. The average Bonchev–Trinajstić information content (AvgIpc) is 2.30. The molecule has 1 aliphatic carbocycles. The molecule has 18 heavy (non-hydrogen) atoms. The molecule has 0 unspecified atom stereocenters. The van der Waals surface area contributed by atoms with Gasteiger partial charge >= 0.3 is 0 Å². The molecule has 98 valence electrons. The summed E-state index contributed by atoms with van der Waals surface area (Å²) in [5, 5.41) is 15.6. The Bertz CT molecular complexity index is 402. The Morgan fingerprint density at radius 1 is 1.33 bits per heavy atom. The highest BCUT2D eigenvalue weighted by atomic mass is 35.5. The Hall–Kier alpha value is -1.10. The first-order chi connectivity index (χ1) is 8.63. The predicted molar refractivity (Wildman–Crippen MR) is 71.7 cm³/mol. The van der Waals surface area contributed by atoms with E-state index in [-0.39, 0.29) is 18.6 Å². The quantitative estimate of drug-likeness (QED) is 0.761. The molecule has 0 atom stereocenters. The second kappa shape index (κ2) is 6.18. The van der Waals surface area contributed by atoms with Gasteiger partial charge in [-0.15, -0.1) is 0 Å². The number of aliphatic hydroxyl groups excluding tert-OH is 1. The molecule has 0 bridgehead atoms. The maximum absolute atomic E-state index is 11.6. The van der Waals surface area contributed by atoms with E-state index in [1.165, 1.54) is 0 Å². The van der Waals surface area contributed by atoms with E-state index in [1.807, 2.05) is 0 Å². The van der Waals surface area contributed by atoms with Crippen LogP contribution in [-0.4, -0.2) is 30.2 Å². The topological polar surface area (TPSA) is 61.4 Å². The summed E-state index contributed by atoms with van der Waals surface area (Å²) in [6.07, 6.45) is 1.54. The van der Waals surface area contributed by atoms with Gasteiger partial charge in [0, 0.05) is 10.7 Å². The lowest BCUT2D eigenvalue weighted by Gasteiger charge is -2.31. The fourth-order valence-electron chi connectivity index (χ4n) is 2.00. The van der Waals surface area contributed by atoms with Crippen LogP contribution in [0.15, 0.2) is 24.3 Å². The smallest absolute Gasteiger partial charge is 0.238 e. The summed E-state index contributed by atoms with van der Waals surface area (Å²) in [5.74, 6) is 0.431. The van der Waals surface area contributed by atoms with E-state index >= 15 is 0 Å². The van der Waals surface area contributed by atoms with Crippen LogP contribution in [0.3, 0.4) is 0 Å². The van der Waals surface area contributed by atoms with E-state index < -0.39 is 0 Å². The van der Waals surface area contributed by atoms with Gasteiger partial charge in [0.05, 0.1) is 12.6 Å². The predicted octanol–water partition coefficient (Wildman–Crippen LogP) is 1.64. The molecule has 1 aliphatic rings. The van der Waals surface area contributed by atoms with Crippen molar-refractivity contribution in [3.63, 3.8) is 0 Å². The largest absolute Gasteiger partial charge is 0.393 e. The number of aliphatic hydroxyl groups is 1. The molecule has 5 heteroatoms. The average molecular weight is 269 g/mol. The molecular weight excluding hydrogens is 252 g/mol. The number of nitrogens with one attached hydrogen (secondary N) is 2. The lowest BCUT2D eigenvalue weighted by molar-refractivity contribution is -0.115. The van der Waals surface area contributed by atoms with Gasteiger partial charge in [-0.05, 0) is 49.6 Å². The third-order valence-electron chi connectivity index (χ3n) is 3.06. The van der Waals surface area contributed by atoms with E-state index in [4.69, 9.17) is 16.7 Å². The van der Waals surface area contributed by atoms with Crippen LogP contribution >= 0.6 is 11.6 Å². The van der Waals surface area contributed by atoms with Gasteiger partial charge in [0.2, 0.25) is 5.91 Å². The first-order valence-corrected chi connectivity index (χ1v) is 6.45. The normalized spacial score (nSPS) is 22.3. The van der Waals surface area contributed by atoms with E-state index in [2.05, 4.69) is 10.6 Å². The maximum Gasteiger partial charge on any atom is 0.238 e. The monoisotopic (exact) mass is 268 g/mol. The molecule has 1 amide bonds. The Morgan fingerprint density at radius 3 is 2.61 bits per heavy atom. The van der Waals surface area contributed by atoms with Gasteiger partial charge in [0.15, 0.2) is 0 Å². The van der Waals surface area contributed by atoms with E-state index in [0.717, 1.165) is 25.1 Å². The van der Waals surface area contributed by atoms with E-state index in [0.29, 0.717) is 10.9 Å². The highest BCUT2D eigenvalue weighted by Gasteiger charge is 2.26. The van der Waals surface area contributed by atoms with Crippen LogP contribution in [0.25, 0.3) is 0 Å². The number of anilines is 1. The zero-order valence-electron chi connectivity index (χ0n) is 10.0. The second-order valence-electron chi connectivity index (χ2n) is 4.68. The molecule has 0 aromatic heterocycles. The van der Waals surface area contributed by atoms with Crippen molar-refractivity contribution in [3.8, 4) is 0 Å². The van der Waals surface area contributed by atoms with Gasteiger partial charge < -0.3 is 15.7 Å². The van der Waals surface area contributed by atoms with Gasteiger partial charge in [0.1, 0.15) is 0 Å². The number of amides is 1. The summed E-state index contributed by atoms with van der Waals surface area (Å²) in [5.41, 5.74) is 0.741. The molecule has 4 nitrogen and oxygen atoms in total. The fraction of sp³-hybridized carbons (Fsp3) is 0.462. The molecule has 0 saturated heterocycles. The van der Waals surface area contributed by atoms with E-state index in [9.17, 15) is 4.79 Å². The third kappa shape index (κ3) is 3.98. The van der Waals surface area contributed by atoms with Crippen molar-refractivity contribution < 1.29 is 9.90 Å². The van der Waals surface area contributed by atoms with Crippen LogP contribution in [0.1, 0.15) is 12.8 Å². The molecular formula is C13H17ClN2O2. The summed E-state index contributed by atoms with van der Waals surface area (Å²) < 4.78 is 0. The maximum atomic E-state index is 11.6. The first-order valence-electron chi connectivity index (χ1n) is 6.07. The molecule has 1 fully saturated rings. The Morgan fingerprint density at radius 2 is 2.00 bits per heavy atom. The summed E-state index contributed by atoms with van der Waals surface area (Å²) in [6.45, 7) is 1.07. The number of carbonyl (C=O) groups excluding carboxylic acids is 1. The van der Waals surface area contributed by atoms with Gasteiger partial charge in [-0.3, -0.25) is 4.79 Å². The van der Waals surface area contributed by atoms with Crippen LogP contribution in [0, 0.1) is 5.92 Å². The van der Waals surface area contributed by atoms with Crippen molar-refractivity contribution in [2.75, 3.05) is 18.4 Å². The Balaban J connectivity index is 1.64. The number of carbonyl (C=O) groups is 1. The number of rotatable bonds is 5. The highest BCUT2D eigenvalue weighted by molar-refractivity contribution is 6.30. The summed E-state index contributed by atoms with van der Waals surface area (Å²) in [4.78, 5) is 11.6. The molecule has 0 spiro atoms. The lowest BCUT2D eigenvalue weighted by atomic mass is 9.82. The Labute approximate surface area is 111 Å². The van der Waals surface area contributed by atoms with Gasteiger partial charge in [-0.2, -0.15) is 0 Å². The summed E-state index contributed by atoms with van der Waals surface area (Å²) >= 11 is 5.76. The summed E-state index contributed by atoms with van der Waals surface area (Å²) in [7, 11) is 0. The van der Waals surface area contributed by atoms with Crippen molar-refractivity contribution in [2.24, 2.45) is 5.92 Å². The van der Waals surface area contributed by atoms with Crippen molar-refractivity contribution in [3.05, 3.63) is 29.3 Å². The van der Waals surface area contributed by atoms with Crippen molar-refractivity contribution >= 4 is 23.2 Å². The van der Waals surface area contributed by atoms with Gasteiger partial charge in [-0.1, -0.05) is 11.6 Å². The minimum atomic E-state index is -0.139. The van der Waals surface area contributed by atoms with Crippen LogP contribution in [0.2, 0.25) is 5.02 Å². The van der Waals surface area contributed by atoms with Crippen LogP contribution in [0.5, 0.6) is 0 Å². The second-order valence-corrected chi connectivity index (χ2v) is 5.11. The lowest BCUT2D eigenvalue weighted by Crippen LogP contribution is -2.38. The van der Waals surface area contributed by atoms with Crippen molar-refractivity contribution in [2.45, 2.75) is 18.9 Å². The van der Waals surface area contributed by atoms with Gasteiger partial charge in [-0.25, -0.2) is 0 Å². The van der Waals surface area contributed by atoms with Gasteiger partial charge in [0.25, 0.3) is 0 Å².